The van der Waals surface area contributed by atoms with Crippen molar-refractivity contribution in [2.75, 3.05) is 0 Å². The molecule has 0 aliphatic carbocycles. The molecule has 0 aliphatic rings. The molecule has 6 aromatic carbocycles. The van der Waals surface area contributed by atoms with E-state index < -0.39 is 0 Å². The molecule has 0 aliphatic heterocycles. The lowest BCUT2D eigenvalue weighted by molar-refractivity contribution is -0.681. The molecule has 4 heteroatoms. The van der Waals surface area contributed by atoms with E-state index in [1.807, 2.05) is 18.2 Å². The van der Waals surface area contributed by atoms with E-state index in [9.17, 15) is 0 Å². The number of fused-ring (bicyclic) bond motifs is 1. The molecule has 1 aromatic heterocycles. The zero-order valence-electron chi connectivity index (χ0n) is 24.0. The van der Waals surface area contributed by atoms with Gasteiger partial charge in [-0.1, -0.05) is 163 Å². The van der Waals surface area contributed by atoms with Gasteiger partial charge in [-0.3, -0.25) is 0 Å². The van der Waals surface area contributed by atoms with Crippen molar-refractivity contribution < 1.29 is 4.57 Å². The van der Waals surface area contributed by atoms with Crippen molar-refractivity contribution in [2.24, 2.45) is 17.3 Å². The first-order valence-corrected chi connectivity index (χ1v) is 14.5. The van der Waals surface area contributed by atoms with Gasteiger partial charge in [0.15, 0.2) is 0 Å². The first kappa shape index (κ1) is 26.3. The number of rotatable bonds is 7. The maximum atomic E-state index is 5.08. The molecule has 0 atom stereocenters. The third kappa shape index (κ3) is 5.04. The van der Waals surface area contributed by atoms with Crippen LogP contribution in [0.2, 0.25) is 0 Å². The van der Waals surface area contributed by atoms with Crippen LogP contribution >= 0.6 is 0 Å². The zero-order valence-corrected chi connectivity index (χ0v) is 24.0. The average Bonchev–Trinajstić information content (AvgIpc) is 3.36. The molecule has 0 bridgehead atoms. The first-order valence-electron chi connectivity index (χ1n) is 14.5. The molecule has 0 fully saturated rings. The number of benzene rings is 6. The highest BCUT2D eigenvalue weighted by Gasteiger charge is 2.36. The van der Waals surface area contributed by atoms with Crippen LogP contribution in [0.4, 0.5) is 11.6 Å². The van der Waals surface area contributed by atoms with Crippen LogP contribution in [0.1, 0.15) is 17.2 Å². The van der Waals surface area contributed by atoms with Crippen LogP contribution in [0.25, 0.3) is 33.3 Å². The Labute approximate surface area is 251 Å². The topological polar surface area (TPSA) is 33.5 Å². The van der Waals surface area contributed by atoms with Crippen molar-refractivity contribution in [3.05, 3.63) is 175 Å². The minimum absolute atomic E-state index is 0.150. The van der Waals surface area contributed by atoms with Gasteiger partial charge in [0.05, 0.1) is 7.05 Å². The maximum Gasteiger partial charge on any atom is 0.423 e. The Morgan fingerprint density at radius 1 is 0.512 bits per heavy atom. The minimum atomic E-state index is -0.150. The summed E-state index contributed by atoms with van der Waals surface area (Å²) in [6.07, 6.45) is 0. The smallest absolute Gasteiger partial charge is 0.225 e. The summed E-state index contributed by atoms with van der Waals surface area (Å²) in [5, 5.41) is 12.2. The van der Waals surface area contributed by atoms with E-state index in [1.165, 1.54) is 11.1 Å². The van der Waals surface area contributed by atoms with Gasteiger partial charge < -0.3 is 0 Å². The second-order valence-corrected chi connectivity index (χ2v) is 10.6. The van der Waals surface area contributed by atoms with E-state index in [-0.39, 0.29) is 6.04 Å². The Morgan fingerprint density at radius 3 is 1.65 bits per heavy atom. The molecule has 0 unspecified atom stereocenters. The van der Waals surface area contributed by atoms with Gasteiger partial charge in [0, 0.05) is 21.6 Å². The largest absolute Gasteiger partial charge is 0.423 e. The van der Waals surface area contributed by atoms with Crippen LogP contribution in [-0.2, 0) is 7.05 Å². The van der Waals surface area contributed by atoms with Gasteiger partial charge in [0.25, 0.3) is 0 Å². The van der Waals surface area contributed by atoms with Crippen LogP contribution < -0.4 is 4.57 Å². The van der Waals surface area contributed by atoms with Crippen LogP contribution in [0.5, 0.6) is 0 Å². The summed E-state index contributed by atoms with van der Waals surface area (Å²) in [4.78, 5) is 0. The molecule has 4 nitrogen and oxygen atoms in total. The van der Waals surface area contributed by atoms with E-state index >= 15 is 0 Å². The second kappa shape index (κ2) is 11.7. The summed E-state index contributed by atoms with van der Waals surface area (Å²) in [5.41, 5.74) is 7.56. The van der Waals surface area contributed by atoms with Gasteiger partial charge in [0.2, 0.25) is 0 Å². The van der Waals surface area contributed by atoms with Crippen molar-refractivity contribution in [3.8, 4) is 22.5 Å². The lowest BCUT2D eigenvalue weighted by Crippen LogP contribution is -2.42. The number of aromatic nitrogens is 2. The number of azo groups is 1. The standard InChI is InChI=1S/C39H31N4/c1-42-37(32-22-10-4-11-23-32)38(33-24-12-5-13-25-33)43(36(30-18-6-2-7-19-30)31-20-8-3-9-21-31)39(42)41-40-35-28-16-26-29-17-14-15-27-34(29)35/h2-28,36H,1H3/q+1. The second-order valence-electron chi connectivity index (χ2n) is 10.6. The Kier molecular flexibility index (Phi) is 7.16. The summed E-state index contributed by atoms with van der Waals surface area (Å²) in [7, 11) is 2.09. The maximum absolute atomic E-state index is 5.08. The fourth-order valence-corrected chi connectivity index (χ4v) is 5.95. The van der Waals surface area contributed by atoms with Gasteiger partial charge in [-0.25, -0.2) is 9.13 Å². The highest BCUT2D eigenvalue weighted by Crippen LogP contribution is 2.38. The molecule has 0 saturated heterocycles. The van der Waals surface area contributed by atoms with Crippen LogP contribution in [0, 0.1) is 0 Å². The first-order chi connectivity index (χ1) is 21.3. The molecule has 0 radical (unpaired) electrons. The Balaban J connectivity index is 1.57. The third-order valence-electron chi connectivity index (χ3n) is 7.91. The van der Waals surface area contributed by atoms with Crippen molar-refractivity contribution in [1.29, 1.82) is 0 Å². The van der Waals surface area contributed by atoms with E-state index in [2.05, 4.69) is 162 Å². The normalized spacial score (nSPS) is 11.5. The highest BCUT2D eigenvalue weighted by atomic mass is 15.3. The number of hydrogen-bond donors (Lipinski definition) is 0. The van der Waals surface area contributed by atoms with Gasteiger partial charge >= 0.3 is 5.95 Å². The van der Waals surface area contributed by atoms with E-state index in [0.29, 0.717) is 0 Å². The highest BCUT2D eigenvalue weighted by molar-refractivity contribution is 5.92. The Hall–Kier alpha value is -5.61. The fraction of sp³-hybridized carbons (Fsp3) is 0.0513. The third-order valence-corrected chi connectivity index (χ3v) is 7.91. The molecular formula is C39H31N4+. The molecule has 7 aromatic rings. The Bertz CT molecular complexity index is 1970. The van der Waals surface area contributed by atoms with Crippen LogP contribution in [-0.4, -0.2) is 4.57 Å². The van der Waals surface area contributed by atoms with E-state index in [0.717, 1.165) is 44.9 Å². The summed E-state index contributed by atoms with van der Waals surface area (Å²) < 4.78 is 4.54. The quantitative estimate of drug-likeness (QED) is 0.139. The lowest BCUT2D eigenvalue weighted by Gasteiger charge is -2.19. The monoisotopic (exact) mass is 555 g/mol. The van der Waals surface area contributed by atoms with Crippen molar-refractivity contribution in [3.63, 3.8) is 0 Å². The van der Waals surface area contributed by atoms with Crippen LogP contribution in [0.15, 0.2) is 174 Å². The SMILES string of the molecule is Cn1c(-c2ccccc2)c(-c2ccccc2)[n+](C(c2ccccc2)c2ccccc2)c1N=Nc1cccc2ccccc12. The van der Waals surface area contributed by atoms with Crippen molar-refractivity contribution >= 4 is 22.4 Å². The molecule has 0 amide bonds. The number of hydrogen-bond acceptors (Lipinski definition) is 2. The lowest BCUT2D eigenvalue weighted by atomic mass is 9.96. The molecule has 43 heavy (non-hydrogen) atoms. The predicted molar refractivity (Wildman–Crippen MR) is 175 cm³/mol. The molecule has 0 saturated carbocycles. The number of imidazole rings is 1. The average molecular weight is 556 g/mol. The predicted octanol–water partition coefficient (Wildman–Crippen LogP) is 9.85. The molecule has 0 spiro atoms. The van der Waals surface area contributed by atoms with Gasteiger partial charge in [-0.05, 0) is 22.6 Å². The summed E-state index contributed by atoms with van der Waals surface area (Å²) in [6.45, 7) is 0. The zero-order chi connectivity index (χ0) is 29.0. The van der Waals surface area contributed by atoms with E-state index in [1.54, 1.807) is 0 Å². The molecule has 7 rings (SSSR count). The fourth-order valence-electron chi connectivity index (χ4n) is 5.95. The molecule has 0 N–H and O–H groups in total. The summed E-state index contributed by atoms with van der Waals surface area (Å²) in [5.74, 6) is 0.753. The minimum Gasteiger partial charge on any atom is -0.225 e. The van der Waals surface area contributed by atoms with E-state index in [4.69, 9.17) is 10.2 Å². The van der Waals surface area contributed by atoms with Crippen molar-refractivity contribution in [1.82, 2.24) is 4.57 Å². The van der Waals surface area contributed by atoms with Gasteiger partial charge in [-0.15, -0.1) is 0 Å². The Morgan fingerprint density at radius 2 is 1.02 bits per heavy atom. The molecular weight excluding hydrogens is 524 g/mol. The number of nitrogens with zero attached hydrogens (tertiary/aromatic N) is 4. The van der Waals surface area contributed by atoms with Gasteiger partial charge in [0.1, 0.15) is 23.1 Å². The summed E-state index contributed by atoms with van der Waals surface area (Å²) >= 11 is 0. The van der Waals surface area contributed by atoms with Crippen molar-refractivity contribution in [2.45, 2.75) is 6.04 Å². The van der Waals surface area contributed by atoms with Crippen LogP contribution in [0.3, 0.4) is 0 Å². The summed E-state index contributed by atoms with van der Waals surface area (Å²) in [6, 6.07) is 56.8. The molecule has 206 valence electrons. The van der Waals surface area contributed by atoms with Gasteiger partial charge in [-0.2, -0.15) is 0 Å². The molecule has 1 heterocycles.